The van der Waals surface area contributed by atoms with Crippen molar-refractivity contribution in [2.75, 3.05) is 26.2 Å². The fourth-order valence-electron chi connectivity index (χ4n) is 4.91. The molecule has 1 atom stereocenters. The van der Waals surface area contributed by atoms with Crippen molar-refractivity contribution < 1.29 is 14.3 Å². The highest BCUT2D eigenvalue weighted by Gasteiger charge is 2.24. The molecule has 3 N–H and O–H groups in total. The van der Waals surface area contributed by atoms with Gasteiger partial charge in [-0.1, -0.05) is 30.3 Å². The molecular formula is C26H27FN4O3. The molecule has 1 saturated heterocycles. The molecule has 7 nitrogen and oxygen atoms in total. The Labute approximate surface area is 195 Å². The Kier molecular flexibility index (Phi) is 5.93. The summed E-state index contributed by atoms with van der Waals surface area (Å²) in [7, 11) is 0. The van der Waals surface area contributed by atoms with Crippen molar-refractivity contribution in [1.29, 1.82) is 0 Å². The number of piperazine rings is 1. The van der Waals surface area contributed by atoms with Gasteiger partial charge in [0.25, 0.3) is 5.56 Å². The first kappa shape index (κ1) is 22.3. The van der Waals surface area contributed by atoms with Crippen LogP contribution in [0, 0.1) is 5.82 Å². The number of carbonyl (C=O) groups is 1. The maximum atomic E-state index is 15.7. The van der Waals surface area contributed by atoms with Crippen molar-refractivity contribution in [1.82, 2.24) is 19.8 Å². The van der Waals surface area contributed by atoms with Crippen molar-refractivity contribution >= 4 is 27.8 Å². The largest absolute Gasteiger partial charge is 0.481 e. The molecular weight excluding hydrogens is 435 g/mol. The third-order valence-corrected chi connectivity index (χ3v) is 6.77. The molecule has 0 saturated carbocycles. The van der Waals surface area contributed by atoms with Gasteiger partial charge in [-0.15, -0.1) is 0 Å². The summed E-state index contributed by atoms with van der Waals surface area (Å²) < 4.78 is 15.7. The lowest BCUT2D eigenvalue weighted by Gasteiger charge is -2.37. The van der Waals surface area contributed by atoms with Crippen LogP contribution >= 0.6 is 0 Å². The second-order valence-electron chi connectivity index (χ2n) is 9.01. The number of benzene rings is 2. The zero-order valence-electron chi connectivity index (χ0n) is 19.0. The molecule has 3 heterocycles. The van der Waals surface area contributed by atoms with E-state index in [0.29, 0.717) is 23.0 Å². The van der Waals surface area contributed by atoms with Crippen LogP contribution in [0.15, 0.2) is 53.3 Å². The summed E-state index contributed by atoms with van der Waals surface area (Å²) in [4.78, 5) is 34.1. The summed E-state index contributed by atoms with van der Waals surface area (Å²) in [5.74, 6) is -1.20. The summed E-state index contributed by atoms with van der Waals surface area (Å²) in [6.07, 6.45) is 0.130. The van der Waals surface area contributed by atoms with E-state index in [9.17, 15) is 9.59 Å². The van der Waals surface area contributed by atoms with E-state index in [1.54, 1.807) is 6.07 Å². The number of rotatable bonds is 6. The van der Waals surface area contributed by atoms with Gasteiger partial charge in [-0.2, -0.15) is 0 Å². The maximum Gasteiger partial charge on any atom is 0.304 e. The number of fused-ring (bicyclic) bond motifs is 2. The number of carboxylic acid groups (broad SMARTS) is 1. The van der Waals surface area contributed by atoms with Crippen molar-refractivity contribution in [2.45, 2.75) is 25.9 Å². The van der Waals surface area contributed by atoms with Gasteiger partial charge in [-0.3, -0.25) is 19.4 Å². The molecule has 2 aromatic carbocycles. The van der Waals surface area contributed by atoms with Crippen molar-refractivity contribution in [3.63, 3.8) is 0 Å². The van der Waals surface area contributed by atoms with Crippen LogP contribution in [0.2, 0.25) is 0 Å². The predicted octanol–water partition coefficient (Wildman–Crippen LogP) is 3.80. The van der Waals surface area contributed by atoms with Gasteiger partial charge in [-0.25, -0.2) is 4.39 Å². The molecule has 4 aromatic rings. The number of aromatic amines is 2. The summed E-state index contributed by atoms with van der Waals surface area (Å²) in [5, 5.41) is 10.4. The molecule has 0 aliphatic carbocycles. The molecule has 5 rings (SSSR count). The van der Waals surface area contributed by atoms with E-state index in [-0.39, 0.29) is 29.3 Å². The smallest absolute Gasteiger partial charge is 0.304 e. The Morgan fingerprint density at radius 3 is 2.56 bits per heavy atom. The number of aliphatic carboxylic acids is 1. The summed E-state index contributed by atoms with van der Waals surface area (Å²) >= 11 is 0. The highest BCUT2D eigenvalue weighted by atomic mass is 19.1. The van der Waals surface area contributed by atoms with Crippen molar-refractivity contribution in [3.05, 3.63) is 70.3 Å². The van der Waals surface area contributed by atoms with Crippen LogP contribution in [0.3, 0.4) is 0 Å². The molecule has 1 aliphatic rings. The molecule has 8 heteroatoms. The molecule has 0 radical (unpaired) electrons. The quantitative estimate of drug-likeness (QED) is 0.405. The zero-order chi connectivity index (χ0) is 23.8. The molecule has 0 spiro atoms. The SMILES string of the molecule is CC(CC(=O)O)N1CCN(Cc2cccc3[nH]c(-c4cc5ccccc5[nH]c4=O)c(F)c23)CC1. The number of nitrogens with zero attached hydrogens (tertiary/aromatic N) is 2. The Bertz CT molecular complexity index is 1420. The number of H-pyrrole nitrogens is 2. The van der Waals surface area contributed by atoms with E-state index in [0.717, 1.165) is 37.1 Å². The molecule has 1 aliphatic heterocycles. The van der Waals surface area contributed by atoms with Gasteiger partial charge < -0.3 is 15.1 Å². The van der Waals surface area contributed by atoms with E-state index in [1.807, 2.05) is 49.4 Å². The van der Waals surface area contributed by atoms with Crippen LogP contribution in [-0.2, 0) is 11.3 Å². The highest BCUT2D eigenvalue weighted by Crippen LogP contribution is 2.31. The highest BCUT2D eigenvalue weighted by molar-refractivity contribution is 5.91. The first-order chi connectivity index (χ1) is 16.4. The van der Waals surface area contributed by atoms with E-state index in [2.05, 4.69) is 19.8 Å². The number of carboxylic acids is 1. The Morgan fingerprint density at radius 2 is 1.79 bits per heavy atom. The standard InChI is InChI=1S/C26H27FN4O3/c1-16(13-22(32)33)31-11-9-30(10-12-31)15-18-6-4-8-21-23(18)24(27)25(28-21)19-14-17-5-2-3-7-20(17)29-26(19)34/h2-8,14,16,28H,9-13,15H2,1H3,(H,29,34)(H,32,33). The van der Waals surface area contributed by atoms with Gasteiger partial charge in [0.15, 0.2) is 5.82 Å². The second kappa shape index (κ2) is 9.04. The Morgan fingerprint density at radius 1 is 1.06 bits per heavy atom. The minimum absolute atomic E-state index is 0.00666. The van der Waals surface area contributed by atoms with Gasteiger partial charge >= 0.3 is 5.97 Å². The number of nitrogens with one attached hydrogen (secondary N) is 2. The number of para-hydroxylation sites is 1. The first-order valence-electron chi connectivity index (χ1n) is 11.5. The Balaban J connectivity index is 1.41. The molecule has 0 bridgehead atoms. The van der Waals surface area contributed by atoms with Gasteiger partial charge in [0.2, 0.25) is 0 Å². The number of pyridine rings is 1. The number of hydrogen-bond acceptors (Lipinski definition) is 4. The first-order valence-corrected chi connectivity index (χ1v) is 11.5. The summed E-state index contributed by atoms with van der Waals surface area (Å²) in [6, 6.07) is 14.8. The maximum absolute atomic E-state index is 15.7. The van der Waals surface area contributed by atoms with E-state index >= 15 is 4.39 Å². The topological polar surface area (TPSA) is 92.4 Å². The molecule has 2 aromatic heterocycles. The average Bonchev–Trinajstić information content (AvgIpc) is 3.15. The lowest BCUT2D eigenvalue weighted by atomic mass is 10.1. The van der Waals surface area contributed by atoms with Gasteiger partial charge in [0, 0.05) is 55.2 Å². The number of hydrogen-bond donors (Lipinski definition) is 3. The summed E-state index contributed by atoms with van der Waals surface area (Å²) in [6.45, 7) is 5.64. The van der Waals surface area contributed by atoms with E-state index < -0.39 is 11.8 Å². The van der Waals surface area contributed by atoms with E-state index in [4.69, 9.17) is 5.11 Å². The molecule has 176 valence electrons. The van der Waals surface area contributed by atoms with Crippen LogP contribution in [0.1, 0.15) is 18.9 Å². The summed E-state index contributed by atoms with van der Waals surface area (Å²) in [5.41, 5.74) is 2.37. The molecule has 1 fully saturated rings. The van der Waals surface area contributed by atoms with Crippen molar-refractivity contribution in [3.8, 4) is 11.3 Å². The van der Waals surface area contributed by atoms with Crippen molar-refractivity contribution in [2.24, 2.45) is 0 Å². The number of halogens is 1. The monoisotopic (exact) mass is 462 g/mol. The van der Waals surface area contributed by atoms with Gasteiger partial charge in [0.05, 0.1) is 17.7 Å². The molecule has 1 unspecified atom stereocenters. The minimum atomic E-state index is -0.786. The molecule has 34 heavy (non-hydrogen) atoms. The molecule has 0 amide bonds. The van der Waals surface area contributed by atoms with Crippen LogP contribution < -0.4 is 5.56 Å². The third kappa shape index (κ3) is 4.22. The second-order valence-corrected chi connectivity index (χ2v) is 9.01. The fraction of sp³-hybridized carbons (Fsp3) is 0.308. The number of aromatic nitrogens is 2. The fourth-order valence-corrected chi connectivity index (χ4v) is 4.91. The van der Waals surface area contributed by atoms with Crippen LogP contribution in [-0.4, -0.2) is 63.1 Å². The minimum Gasteiger partial charge on any atom is -0.481 e. The van der Waals surface area contributed by atoms with Crippen LogP contribution in [0.5, 0.6) is 0 Å². The normalized spacial score (nSPS) is 16.3. The third-order valence-electron chi connectivity index (χ3n) is 6.77. The average molecular weight is 463 g/mol. The lowest BCUT2D eigenvalue weighted by Crippen LogP contribution is -2.49. The lowest BCUT2D eigenvalue weighted by molar-refractivity contribution is -0.138. The van der Waals surface area contributed by atoms with E-state index in [1.165, 1.54) is 0 Å². The predicted molar refractivity (Wildman–Crippen MR) is 130 cm³/mol. The Hall–Kier alpha value is -3.49. The van der Waals surface area contributed by atoms with Crippen LogP contribution in [0.25, 0.3) is 33.1 Å². The zero-order valence-corrected chi connectivity index (χ0v) is 19.0. The van der Waals surface area contributed by atoms with Gasteiger partial charge in [0.1, 0.15) is 0 Å². The van der Waals surface area contributed by atoms with Gasteiger partial charge in [-0.05, 0) is 36.1 Å². The van der Waals surface area contributed by atoms with Crippen LogP contribution in [0.4, 0.5) is 4.39 Å².